The monoisotopic (exact) mass is 411 g/mol. The number of nitrogens with zero attached hydrogens (tertiary/aromatic N) is 2. The smallest absolute Gasteiger partial charge is 0.261 e. The van der Waals surface area contributed by atoms with E-state index >= 15 is 0 Å². The summed E-state index contributed by atoms with van der Waals surface area (Å²) in [6.45, 7) is 1.84. The number of halogens is 1. The third-order valence-corrected chi connectivity index (χ3v) is 5.33. The van der Waals surface area contributed by atoms with Crippen molar-refractivity contribution in [3.8, 4) is 17.1 Å². The maximum absolute atomic E-state index is 12.4. The Bertz CT molecular complexity index is 1020. The van der Waals surface area contributed by atoms with Gasteiger partial charge in [0.15, 0.2) is 6.10 Å². The maximum Gasteiger partial charge on any atom is 0.261 e. The van der Waals surface area contributed by atoms with Crippen molar-refractivity contribution in [1.82, 2.24) is 15.5 Å². The average molecular weight is 412 g/mol. The maximum atomic E-state index is 12.4. The van der Waals surface area contributed by atoms with Gasteiger partial charge in [0.2, 0.25) is 11.7 Å². The van der Waals surface area contributed by atoms with Gasteiger partial charge in [0.25, 0.3) is 5.91 Å². The Morgan fingerprint density at radius 2 is 2.00 bits per heavy atom. The van der Waals surface area contributed by atoms with Crippen LogP contribution in [0.1, 0.15) is 36.8 Å². The third-order valence-electron chi connectivity index (χ3n) is 5.00. The Kier molecular flexibility index (Phi) is 5.81. The molecule has 0 bridgehead atoms. The largest absolute Gasteiger partial charge is 0.481 e. The van der Waals surface area contributed by atoms with E-state index in [0.717, 1.165) is 12.8 Å². The number of carbonyl (C=O) groups excluding carboxylic acids is 1. The highest BCUT2D eigenvalue weighted by Crippen LogP contribution is 2.26. The summed E-state index contributed by atoms with van der Waals surface area (Å²) in [5.74, 6) is 1.15. The average Bonchev–Trinajstić information content (AvgIpc) is 3.21. The predicted molar refractivity (Wildman–Crippen MR) is 110 cm³/mol. The first-order valence-corrected chi connectivity index (χ1v) is 10.1. The number of carbonyl (C=O) groups is 1. The van der Waals surface area contributed by atoms with E-state index in [0.29, 0.717) is 28.1 Å². The van der Waals surface area contributed by atoms with Crippen LogP contribution in [0.25, 0.3) is 11.4 Å². The number of hydrogen-bond donors (Lipinski definition) is 1. The summed E-state index contributed by atoms with van der Waals surface area (Å²) < 4.78 is 11.0. The van der Waals surface area contributed by atoms with Crippen LogP contribution in [0.2, 0.25) is 5.02 Å². The zero-order chi connectivity index (χ0) is 20.2. The highest BCUT2D eigenvalue weighted by atomic mass is 35.5. The molecule has 7 heteroatoms. The lowest BCUT2D eigenvalue weighted by atomic mass is 9.92. The van der Waals surface area contributed by atoms with Crippen molar-refractivity contribution in [2.45, 2.75) is 45.3 Å². The highest BCUT2D eigenvalue weighted by Gasteiger charge is 2.18. The summed E-state index contributed by atoms with van der Waals surface area (Å²) in [7, 11) is 0. The molecule has 1 aliphatic carbocycles. The normalized spacial score (nSPS) is 14.1. The summed E-state index contributed by atoms with van der Waals surface area (Å²) >= 11 is 6.15. The van der Waals surface area contributed by atoms with Crippen molar-refractivity contribution in [3.05, 3.63) is 64.5 Å². The molecule has 0 saturated heterocycles. The number of rotatable bonds is 6. The molecule has 29 heavy (non-hydrogen) atoms. The Balaban J connectivity index is 1.33. The fraction of sp³-hybridized carbons (Fsp3) is 0.318. The van der Waals surface area contributed by atoms with E-state index in [2.05, 4.69) is 21.5 Å². The van der Waals surface area contributed by atoms with Crippen LogP contribution in [-0.4, -0.2) is 22.2 Å². The highest BCUT2D eigenvalue weighted by molar-refractivity contribution is 6.33. The van der Waals surface area contributed by atoms with Crippen molar-refractivity contribution < 1.29 is 14.1 Å². The van der Waals surface area contributed by atoms with Crippen LogP contribution >= 0.6 is 11.6 Å². The Hall–Kier alpha value is -2.86. The van der Waals surface area contributed by atoms with Crippen molar-refractivity contribution in [1.29, 1.82) is 0 Å². The Labute approximate surface area is 174 Å². The molecule has 0 radical (unpaired) electrons. The first-order chi connectivity index (χ1) is 14.1. The fourth-order valence-corrected chi connectivity index (χ4v) is 3.65. The second kappa shape index (κ2) is 8.66. The van der Waals surface area contributed by atoms with E-state index in [1.807, 2.05) is 30.3 Å². The lowest BCUT2D eigenvalue weighted by Gasteiger charge is -2.19. The number of fused-ring (bicyclic) bond motifs is 1. The standard InChI is InChI=1S/C22H22ClN3O3/c1-14(28-17-11-10-15-6-2-3-7-16(15)12-17)22(27)24-13-20-25-21(26-29-20)18-8-4-5-9-19(18)23/h4-5,8-12,14H,2-3,6-7,13H2,1H3,(H,24,27). The van der Waals surface area contributed by atoms with E-state index in [1.165, 1.54) is 24.0 Å². The number of aryl methyl sites for hydroxylation is 2. The summed E-state index contributed by atoms with van der Waals surface area (Å²) in [4.78, 5) is 16.7. The van der Waals surface area contributed by atoms with Crippen LogP contribution in [0.3, 0.4) is 0 Å². The molecule has 2 aromatic carbocycles. The van der Waals surface area contributed by atoms with Crippen LogP contribution in [0.15, 0.2) is 47.0 Å². The minimum atomic E-state index is -0.636. The second-order valence-corrected chi connectivity index (χ2v) is 7.51. The van der Waals surface area contributed by atoms with Gasteiger partial charge < -0.3 is 14.6 Å². The molecule has 4 rings (SSSR count). The lowest BCUT2D eigenvalue weighted by molar-refractivity contribution is -0.127. The quantitative estimate of drug-likeness (QED) is 0.652. The van der Waals surface area contributed by atoms with E-state index in [4.69, 9.17) is 20.9 Å². The van der Waals surface area contributed by atoms with Gasteiger partial charge in [0.1, 0.15) is 5.75 Å². The fourth-order valence-electron chi connectivity index (χ4n) is 3.43. The van der Waals surface area contributed by atoms with Crippen LogP contribution in [-0.2, 0) is 24.2 Å². The van der Waals surface area contributed by atoms with Gasteiger partial charge in [0.05, 0.1) is 11.6 Å². The van der Waals surface area contributed by atoms with Crippen molar-refractivity contribution in [3.63, 3.8) is 0 Å². The van der Waals surface area contributed by atoms with Crippen molar-refractivity contribution in [2.75, 3.05) is 0 Å². The van der Waals surface area contributed by atoms with Gasteiger partial charge in [-0.25, -0.2) is 0 Å². The van der Waals surface area contributed by atoms with E-state index in [-0.39, 0.29) is 12.5 Å². The first-order valence-electron chi connectivity index (χ1n) is 9.74. The lowest BCUT2D eigenvalue weighted by Crippen LogP contribution is -2.36. The van der Waals surface area contributed by atoms with Gasteiger partial charge in [-0.1, -0.05) is 35.0 Å². The van der Waals surface area contributed by atoms with E-state index in [1.54, 1.807) is 13.0 Å². The van der Waals surface area contributed by atoms with Gasteiger partial charge in [-0.2, -0.15) is 4.98 Å². The van der Waals surface area contributed by atoms with Gasteiger partial charge in [-0.3, -0.25) is 4.79 Å². The van der Waals surface area contributed by atoms with E-state index < -0.39 is 6.10 Å². The van der Waals surface area contributed by atoms with Gasteiger partial charge in [-0.15, -0.1) is 0 Å². The second-order valence-electron chi connectivity index (χ2n) is 7.11. The Morgan fingerprint density at radius 3 is 2.83 bits per heavy atom. The molecular weight excluding hydrogens is 390 g/mol. The molecule has 3 aromatic rings. The minimum absolute atomic E-state index is 0.119. The summed E-state index contributed by atoms with van der Waals surface area (Å²) in [6.07, 6.45) is 3.99. The van der Waals surface area contributed by atoms with Gasteiger partial charge in [-0.05, 0) is 68.0 Å². The van der Waals surface area contributed by atoms with E-state index in [9.17, 15) is 4.79 Å². The van der Waals surface area contributed by atoms with Gasteiger partial charge in [0, 0.05) is 5.56 Å². The van der Waals surface area contributed by atoms with Crippen molar-refractivity contribution >= 4 is 17.5 Å². The van der Waals surface area contributed by atoms with Crippen LogP contribution in [0.4, 0.5) is 0 Å². The summed E-state index contributed by atoms with van der Waals surface area (Å²) in [6, 6.07) is 13.3. The Morgan fingerprint density at radius 1 is 1.21 bits per heavy atom. The SMILES string of the molecule is CC(Oc1ccc2c(c1)CCCC2)C(=O)NCc1nc(-c2ccccc2Cl)no1. The topological polar surface area (TPSA) is 77.2 Å². The molecule has 1 amide bonds. The molecule has 1 N–H and O–H groups in total. The number of nitrogens with one attached hydrogen (secondary N) is 1. The summed E-state index contributed by atoms with van der Waals surface area (Å²) in [5.41, 5.74) is 3.38. The third kappa shape index (κ3) is 4.59. The number of hydrogen-bond acceptors (Lipinski definition) is 5. The molecule has 0 fully saturated rings. The van der Waals surface area contributed by atoms with Crippen LogP contribution < -0.4 is 10.1 Å². The molecule has 0 aliphatic heterocycles. The summed E-state index contributed by atoms with van der Waals surface area (Å²) in [5, 5.41) is 7.23. The molecule has 1 aliphatic rings. The minimum Gasteiger partial charge on any atom is -0.481 e. The zero-order valence-corrected chi connectivity index (χ0v) is 16.9. The molecular formula is C22H22ClN3O3. The molecule has 1 unspecified atom stereocenters. The molecule has 1 atom stereocenters. The number of ether oxygens (including phenoxy) is 1. The number of benzene rings is 2. The number of aromatic nitrogens is 2. The van der Waals surface area contributed by atoms with Crippen LogP contribution in [0.5, 0.6) is 5.75 Å². The van der Waals surface area contributed by atoms with Gasteiger partial charge >= 0.3 is 0 Å². The molecule has 6 nitrogen and oxygen atoms in total. The molecule has 1 aromatic heterocycles. The zero-order valence-electron chi connectivity index (χ0n) is 16.2. The molecule has 0 saturated carbocycles. The predicted octanol–water partition coefficient (Wildman–Crippen LogP) is 4.35. The first kappa shape index (κ1) is 19.5. The molecule has 150 valence electrons. The van der Waals surface area contributed by atoms with Crippen LogP contribution in [0, 0.1) is 0 Å². The molecule has 1 heterocycles. The van der Waals surface area contributed by atoms with Crippen molar-refractivity contribution in [2.24, 2.45) is 0 Å². The number of amides is 1. The molecule has 0 spiro atoms.